The first-order valence-electron chi connectivity index (χ1n) is 8.91. The van der Waals surface area contributed by atoms with E-state index in [9.17, 15) is 0 Å². The average molecular weight is 282 g/mol. The third kappa shape index (κ3) is 14.7. The minimum atomic E-state index is -0.425. The Labute approximate surface area is 128 Å². The van der Waals surface area contributed by atoms with Gasteiger partial charge in [-0.3, -0.25) is 0 Å². The van der Waals surface area contributed by atoms with Crippen LogP contribution in [0.15, 0.2) is 0 Å². The van der Waals surface area contributed by atoms with Crippen molar-refractivity contribution in [1.29, 1.82) is 0 Å². The molecule has 0 aliphatic carbocycles. The lowest BCUT2D eigenvalue weighted by Crippen LogP contribution is -2.17. The summed E-state index contributed by atoms with van der Waals surface area (Å²) in [5.74, 6) is 2.76. The Bertz CT molecular complexity index is 174. The van der Waals surface area contributed by atoms with Crippen LogP contribution >= 0.6 is 0 Å². The molecule has 0 radical (unpaired) electrons. The summed E-state index contributed by atoms with van der Waals surface area (Å²) in [6, 6.07) is 0. The lowest BCUT2D eigenvalue weighted by molar-refractivity contribution is 0.518. The molecule has 1 heteroatoms. The third-order valence-corrected chi connectivity index (χ3v) is 8.45. The van der Waals surface area contributed by atoms with E-state index in [0.29, 0.717) is 0 Å². The fourth-order valence-corrected chi connectivity index (χ4v) is 7.38. The fraction of sp³-hybridized carbons (Fsp3) is 1.00. The van der Waals surface area contributed by atoms with Gasteiger partial charge in [0.25, 0.3) is 14.1 Å². The summed E-state index contributed by atoms with van der Waals surface area (Å²) < 4.78 is 0. The summed E-state index contributed by atoms with van der Waals surface area (Å²) in [5.41, 5.74) is 0. The molecule has 0 bridgehead atoms. The monoisotopic (exact) mass is 282 g/mol. The second-order valence-electron chi connectivity index (χ2n) is 7.86. The Morgan fingerprint density at radius 3 is 1.53 bits per heavy atom. The van der Waals surface area contributed by atoms with Crippen molar-refractivity contribution in [3.05, 3.63) is 0 Å². The molecular weight excluding hydrogens is 243 g/mol. The summed E-state index contributed by atoms with van der Waals surface area (Å²) in [7, 11) is 0. The van der Waals surface area contributed by atoms with E-state index in [4.69, 9.17) is 0 Å². The van der Waals surface area contributed by atoms with Gasteiger partial charge in [0.15, 0.2) is 0 Å². The van der Waals surface area contributed by atoms with Gasteiger partial charge in [0.05, 0.1) is 0 Å². The van der Waals surface area contributed by atoms with E-state index in [1.165, 1.54) is 38.5 Å². The molecule has 0 atom stereocenters. The van der Waals surface area contributed by atoms with Crippen molar-refractivity contribution in [2.75, 3.05) is 0 Å². The minimum absolute atomic E-state index is 0.425. The highest BCUT2D eigenvalue weighted by Crippen LogP contribution is 2.21. The molecule has 0 aliphatic heterocycles. The molecule has 0 aliphatic rings. The lowest BCUT2D eigenvalue weighted by atomic mass is 10.0. The van der Waals surface area contributed by atoms with E-state index in [0.717, 1.165) is 17.8 Å². The molecule has 0 fully saturated rings. The molecule has 0 N–H and O–H groups in total. The van der Waals surface area contributed by atoms with Crippen molar-refractivity contribution in [1.82, 2.24) is 0 Å². The molecule has 0 rings (SSSR count). The zero-order valence-corrected chi connectivity index (χ0v) is 15.8. The highest BCUT2D eigenvalue weighted by Gasteiger charge is 2.19. The Morgan fingerprint density at radius 2 is 1.05 bits per heavy atom. The molecule has 0 heterocycles. The second-order valence-corrected chi connectivity index (χ2v) is 11.1. The quantitative estimate of drug-likeness (QED) is 0.273. The summed E-state index contributed by atoms with van der Waals surface area (Å²) in [5, 5.41) is 4.76. The lowest BCUT2D eigenvalue weighted by Gasteiger charge is -2.16. The van der Waals surface area contributed by atoms with Gasteiger partial charge in [0, 0.05) is 0 Å². The first-order valence-corrected chi connectivity index (χ1v) is 11.4. The van der Waals surface area contributed by atoms with Crippen LogP contribution in [0.5, 0.6) is 0 Å². The van der Waals surface area contributed by atoms with E-state index >= 15 is 0 Å². The topological polar surface area (TPSA) is 0 Å². The van der Waals surface area contributed by atoms with Crippen molar-refractivity contribution < 1.29 is 0 Å². The van der Waals surface area contributed by atoms with Crippen LogP contribution in [-0.4, -0.2) is 14.1 Å². The minimum Gasteiger partial charge on any atom is -0.0938 e. The van der Waals surface area contributed by atoms with Gasteiger partial charge in [0.1, 0.15) is 0 Å². The van der Waals surface area contributed by atoms with Gasteiger partial charge in [-0.25, -0.2) is 0 Å². The second kappa shape index (κ2) is 12.3. The maximum absolute atomic E-state index is 2.41. The normalized spacial score (nSPS) is 11.8. The molecule has 0 aromatic heterocycles. The van der Waals surface area contributed by atoms with Crippen molar-refractivity contribution in [2.45, 2.75) is 95.9 Å². The Morgan fingerprint density at radius 1 is 0.579 bits per heavy atom. The summed E-state index contributed by atoms with van der Waals surface area (Å²) in [6.45, 7) is 14.3. The van der Waals surface area contributed by atoms with Crippen LogP contribution in [0, 0.1) is 17.8 Å². The van der Waals surface area contributed by atoms with Crippen LogP contribution in [0.4, 0.5) is 0 Å². The highest BCUT2D eigenvalue weighted by molar-refractivity contribution is 6.58. The smallest absolute Gasteiger partial charge is 0.0938 e. The van der Waals surface area contributed by atoms with Crippen molar-refractivity contribution in [3.63, 3.8) is 0 Å². The van der Waals surface area contributed by atoms with E-state index in [-0.39, 0.29) is 0 Å². The van der Waals surface area contributed by atoms with E-state index in [2.05, 4.69) is 41.5 Å². The molecule has 0 saturated carbocycles. The highest BCUT2D eigenvalue weighted by atomic mass is 27.2. The van der Waals surface area contributed by atoms with Crippen LogP contribution in [-0.2, 0) is 0 Å². The van der Waals surface area contributed by atoms with Gasteiger partial charge in [0.2, 0.25) is 0 Å². The number of rotatable bonds is 12. The first-order chi connectivity index (χ1) is 8.91. The molecule has 0 aromatic rings. The molecule has 0 spiro atoms. The molecule has 0 nitrogen and oxygen atoms in total. The van der Waals surface area contributed by atoms with Crippen molar-refractivity contribution in [3.8, 4) is 0 Å². The molecule has 114 valence electrons. The largest absolute Gasteiger partial charge is 0.262 e. The SMILES string of the molecule is CC(C)CCCCCC[CH2][Al]([CH2]C(C)C)[CH2]C(C)C. The predicted octanol–water partition coefficient (Wildman–Crippen LogP) is 6.79. The fourth-order valence-electron chi connectivity index (χ4n) is 3.18. The van der Waals surface area contributed by atoms with E-state index in [1.807, 2.05) is 0 Å². The molecule has 0 aromatic carbocycles. The number of hydrogen-bond donors (Lipinski definition) is 0. The Hall–Kier alpha value is 0.532. The van der Waals surface area contributed by atoms with Gasteiger partial charge in [-0.05, 0) is 5.92 Å². The Balaban J connectivity index is 3.57. The van der Waals surface area contributed by atoms with Gasteiger partial charge in [-0.1, -0.05) is 108 Å². The van der Waals surface area contributed by atoms with Crippen LogP contribution in [0.3, 0.4) is 0 Å². The van der Waals surface area contributed by atoms with E-state index in [1.54, 1.807) is 15.8 Å². The zero-order valence-electron chi connectivity index (χ0n) is 14.7. The van der Waals surface area contributed by atoms with Gasteiger partial charge < -0.3 is 0 Å². The maximum atomic E-state index is 2.41. The predicted molar refractivity (Wildman–Crippen MR) is 92.4 cm³/mol. The third-order valence-electron chi connectivity index (χ3n) is 4.00. The van der Waals surface area contributed by atoms with Gasteiger partial charge in [-0.15, -0.1) is 0 Å². The van der Waals surface area contributed by atoms with Crippen molar-refractivity contribution in [2.24, 2.45) is 17.8 Å². The number of unbranched alkanes of at least 4 members (excludes halogenated alkanes) is 4. The number of hydrogen-bond acceptors (Lipinski definition) is 0. The molecule has 0 saturated heterocycles. The first kappa shape index (κ1) is 19.5. The van der Waals surface area contributed by atoms with Crippen LogP contribution in [0.2, 0.25) is 15.8 Å². The molecule has 19 heavy (non-hydrogen) atoms. The van der Waals surface area contributed by atoms with Crippen LogP contribution in [0.25, 0.3) is 0 Å². The van der Waals surface area contributed by atoms with Crippen LogP contribution in [0.1, 0.15) is 80.1 Å². The Kier molecular flexibility index (Phi) is 12.6. The molecule has 0 amide bonds. The van der Waals surface area contributed by atoms with Crippen molar-refractivity contribution >= 4 is 14.1 Å². The summed E-state index contributed by atoms with van der Waals surface area (Å²) in [6.07, 6.45) is 8.86. The zero-order chi connectivity index (χ0) is 14.7. The standard InChI is InChI=1S/C10H21.2C4H9.Al/c1-4-5-6-7-8-9-10(2)3;2*1-4(2)3;/h10H,1,4-9H2,2-3H3;2*4H,1H2,2-3H3;. The maximum Gasteiger partial charge on any atom is 0.262 e. The molecule has 0 unspecified atom stereocenters. The average Bonchev–Trinajstić information content (AvgIpc) is 2.25. The summed E-state index contributed by atoms with van der Waals surface area (Å²) in [4.78, 5) is 0. The van der Waals surface area contributed by atoms with Gasteiger partial charge >= 0.3 is 0 Å². The van der Waals surface area contributed by atoms with E-state index < -0.39 is 14.1 Å². The summed E-state index contributed by atoms with van der Waals surface area (Å²) >= 11 is -0.425. The van der Waals surface area contributed by atoms with Crippen LogP contribution < -0.4 is 0 Å². The van der Waals surface area contributed by atoms with Gasteiger partial charge in [-0.2, -0.15) is 0 Å². The molecular formula is C18H39Al.